The zero-order valence-electron chi connectivity index (χ0n) is 67.6. The Morgan fingerprint density at radius 1 is 0.303 bits per heavy atom. The van der Waals surface area contributed by atoms with E-state index in [0.717, 1.165) is 102 Å². The van der Waals surface area contributed by atoms with Crippen molar-refractivity contribution in [1.29, 1.82) is 0 Å². The van der Waals surface area contributed by atoms with Gasteiger partial charge in [0.15, 0.2) is 0 Å². The van der Waals surface area contributed by atoms with Crippen molar-refractivity contribution < 1.29 is 147 Å². The number of halogens is 21. The summed E-state index contributed by atoms with van der Waals surface area (Å²) in [4.78, 5) is 33.4. The van der Waals surface area contributed by atoms with Crippen molar-refractivity contribution >= 4 is 66.4 Å². The normalized spacial score (nSPS) is 11.7. The number of alkyl halides is 3. The summed E-state index contributed by atoms with van der Waals surface area (Å²) in [5.41, 5.74) is 10.8. The first-order valence-corrected chi connectivity index (χ1v) is 39.1. The molecule has 666 valence electrons. The molecule has 0 fully saturated rings. The molecule has 9 aromatic rings. The van der Waals surface area contributed by atoms with Crippen molar-refractivity contribution in [2.24, 2.45) is 0 Å². The van der Waals surface area contributed by atoms with Crippen LogP contribution in [-0.2, 0) is 89.7 Å². The summed E-state index contributed by atoms with van der Waals surface area (Å²) in [6.07, 6.45) is 12.3. The number of benzene rings is 3. The molecule has 0 unspecified atom stereocenters. The quantitative estimate of drug-likeness (QED) is 0.0414. The van der Waals surface area contributed by atoms with Gasteiger partial charge >= 0.3 is 164 Å². The molecule has 0 spiro atoms. The van der Waals surface area contributed by atoms with Crippen molar-refractivity contribution in [3.05, 3.63) is 279 Å². The number of pyridine rings is 6. The molecule has 3 aromatic carbocycles. The van der Waals surface area contributed by atoms with Gasteiger partial charge in [-0.15, -0.1) is 22.8 Å². The van der Waals surface area contributed by atoms with Gasteiger partial charge in [-0.1, -0.05) is 115 Å². The summed E-state index contributed by atoms with van der Waals surface area (Å²) in [5.74, 6) is 0. The third-order valence-corrected chi connectivity index (χ3v) is 10.6. The van der Waals surface area contributed by atoms with Crippen LogP contribution in [0.5, 0.6) is 0 Å². The van der Waals surface area contributed by atoms with Crippen LogP contribution in [0.15, 0.2) is 201 Å². The minimum atomic E-state index is -10.7. The summed E-state index contributed by atoms with van der Waals surface area (Å²) in [6.45, 7) is 18.5. The largest absolute Gasteiger partial charge is 4.00 e. The summed E-state index contributed by atoms with van der Waals surface area (Å²) >= 11 is 0. The van der Waals surface area contributed by atoms with Gasteiger partial charge in [0.25, 0.3) is 0 Å². The molecule has 0 radical (unpaired) electrons. The predicted molar refractivity (Wildman–Crippen MR) is 440 cm³/mol. The molecule has 0 aliphatic carbocycles. The van der Waals surface area contributed by atoms with Crippen LogP contribution in [0.2, 0.25) is 0 Å². The molecule has 6 aromatic heterocycles. The Balaban J connectivity index is -0.000000160. The maximum atomic E-state index is 12.2. The average Bonchev–Trinajstić information content (AvgIpc) is 0.798. The van der Waals surface area contributed by atoms with E-state index in [1.54, 1.807) is 78.7 Å². The first-order valence-electron chi connectivity index (χ1n) is 33.0. The van der Waals surface area contributed by atoms with Gasteiger partial charge < -0.3 is 52.1 Å². The van der Waals surface area contributed by atoms with Gasteiger partial charge in [-0.05, 0) is 129 Å². The number of hydrogen-bond donors (Lipinski definition) is 0. The van der Waals surface area contributed by atoms with Gasteiger partial charge in [0.05, 0.1) is 34.2 Å². The van der Waals surface area contributed by atoms with Gasteiger partial charge in [0, 0.05) is 56.8 Å². The standard InChI is InChI=1S/C13H20N.C11H17N2.C10H11F3N.3C10H8N2.6C2H4N.3F6P.3Ru/c1-13(2,3)12-8-6-11(7-9-12)10-14(4)5;1-12(2)9-10-5-7-11(8-6-10)13(3)4;1-14(2)7-8-3-5-9(6-4-8)10(11,12)13;3*1-3-7-11-9(5-1)10-6-2-4-8-12-10;6*1-2-3;3*1-7(2,3,4,5)6;;;/h6,8-9H,10H2,1-5H3;5,7-8H,9H2,1-4H3;3,5-6H,7H2,1-2H3;3*1-8H;6*2H,1H3;;;;;;/q3*-1;;;;9*-1;3*+4. The molecule has 0 saturated carbocycles. The van der Waals surface area contributed by atoms with Gasteiger partial charge in [0.1, 0.15) is 0 Å². The van der Waals surface area contributed by atoms with Crippen LogP contribution in [0, 0.1) is 18.2 Å². The Labute approximate surface area is 722 Å². The molecule has 9 rings (SSSR count). The first kappa shape index (κ1) is 129. The molecular formula is C76H96F21N16P3Ru3. The van der Waals surface area contributed by atoms with Gasteiger partial charge in [-0.25, -0.2) is 37.3 Å². The fourth-order valence-electron chi connectivity index (χ4n) is 6.69. The van der Waals surface area contributed by atoms with E-state index in [1.165, 1.54) is 28.4 Å². The van der Waals surface area contributed by atoms with Gasteiger partial charge in [0.2, 0.25) is 0 Å². The first-order chi connectivity index (χ1) is 52.6. The molecule has 0 N–H and O–H groups in total. The van der Waals surface area contributed by atoms with Gasteiger partial charge in [-0.2, -0.15) is 85.5 Å². The monoisotopic (exact) mass is 2030 g/mol. The number of rotatable bonds is 10. The van der Waals surface area contributed by atoms with Gasteiger partial charge in [-0.3, -0.25) is 29.9 Å². The Morgan fingerprint density at radius 2 is 0.479 bits per heavy atom. The second-order valence-corrected chi connectivity index (χ2v) is 29.6. The third-order valence-electron chi connectivity index (χ3n) is 10.6. The van der Waals surface area contributed by atoms with E-state index in [0.29, 0.717) is 6.54 Å². The zero-order valence-corrected chi connectivity index (χ0v) is 75.5. The Kier molecular flexibility index (Phi) is 64.7. The molecule has 6 heterocycles. The Morgan fingerprint density at radius 3 is 0.597 bits per heavy atom. The van der Waals surface area contributed by atoms with Crippen LogP contribution in [-0.4, -0.2) is 138 Å². The molecule has 119 heavy (non-hydrogen) atoms. The minimum Gasteiger partial charge on any atom is -0.255 e. The molecule has 0 aliphatic heterocycles. The van der Waals surface area contributed by atoms with Crippen molar-refractivity contribution in [3.8, 4) is 34.2 Å². The van der Waals surface area contributed by atoms with Crippen molar-refractivity contribution in [1.82, 2.24) is 44.6 Å². The smallest absolute Gasteiger partial charge is 0.255 e. The number of hydrogen-bond acceptors (Lipinski definition) is 10. The zero-order chi connectivity index (χ0) is 91.5. The average molecular weight is 2030 g/mol. The van der Waals surface area contributed by atoms with E-state index < -0.39 is 35.2 Å². The summed E-state index contributed by atoms with van der Waals surface area (Å²) < 4.78 is 214. The summed E-state index contributed by atoms with van der Waals surface area (Å²) in [5, 5.41) is 44.7. The number of nitrogens with zero attached hydrogens (tertiary/aromatic N) is 16. The predicted octanol–water partition coefficient (Wildman–Crippen LogP) is 27.5. The molecule has 0 amide bonds. The molecule has 0 atom stereocenters. The second-order valence-electron chi connectivity index (χ2n) is 23.8. The number of anilines is 1. The SMILES string of the molecule is CC=[N-].CC=[N-].CC=[N-].CC=[N-].CC=[N-].CC=[N-].CN(C)Cc1[c-]cc(C(C)(C)C)cc1.CN(C)Cc1[c-]cc(C(F)(F)F)cc1.CN(C)Cc1[c-]cc(N(C)C)cc1.F[P-](F)(F)(F)(F)F.F[P-](F)(F)(F)(F)F.F[P-](F)(F)(F)(F)F.[Ru+4].[Ru+4].[Ru+4].c1ccc(-c2ccccn2)nc1.c1ccc(-c2ccccn2)nc1.c1ccc(-c2ccccn2)nc1. The molecular weight excluding hydrogens is 1930 g/mol. The maximum Gasteiger partial charge on any atom is 4.00 e. The summed E-state index contributed by atoms with van der Waals surface area (Å²) in [7, 11) is -15.9. The van der Waals surface area contributed by atoms with Crippen molar-refractivity contribution in [3.63, 3.8) is 0 Å². The summed E-state index contributed by atoms with van der Waals surface area (Å²) in [6, 6.07) is 60.3. The van der Waals surface area contributed by atoms with E-state index in [-0.39, 0.29) is 63.8 Å². The molecule has 0 aliphatic rings. The van der Waals surface area contributed by atoms with Crippen molar-refractivity contribution in [2.45, 2.75) is 93.5 Å². The second kappa shape index (κ2) is 59.6. The van der Waals surface area contributed by atoms with Crippen LogP contribution >= 0.6 is 23.4 Å². The van der Waals surface area contributed by atoms with Crippen LogP contribution in [0.25, 0.3) is 66.6 Å². The van der Waals surface area contributed by atoms with E-state index in [2.05, 4.69) is 142 Å². The van der Waals surface area contributed by atoms with Crippen molar-refractivity contribution in [2.75, 3.05) is 61.3 Å². The molecule has 43 heteroatoms. The fraction of sp³-hybridized carbons (Fsp3) is 0.289. The topological polar surface area (TPSA) is 224 Å². The Bertz CT molecular complexity index is 3540. The Hall–Kier alpha value is -8.05. The van der Waals surface area contributed by atoms with E-state index in [1.807, 2.05) is 148 Å². The van der Waals surface area contributed by atoms with Crippen LogP contribution < -0.4 is 4.90 Å². The minimum absolute atomic E-state index is 0. The van der Waals surface area contributed by atoms with Crippen LogP contribution in [0.4, 0.5) is 94.4 Å². The fourth-order valence-corrected chi connectivity index (χ4v) is 6.69. The van der Waals surface area contributed by atoms with E-state index in [9.17, 15) is 88.7 Å². The van der Waals surface area contributed by atoms with Crippen LogP contribution in [0.3, 0.4) is 0 Å². The number of aromatic nitrogens is 6. The van der Waals surface area contributed by atoms with E-state index in [4.69, 9.17) is 32.5 Å². The maximum absolute atomic E-state index is 12.2. The molecule has 16 nitrogen and oxygen atoms in total. The molecule has 0 bridgehead atoms. The molecule has 0 saturated heterocycles. The van der Waals surface area contributed by atoms with Crippen LogP contribution in [0.1, 0.15) is 90.1 Å². The third kappa shape index (κ3) is 106. The van der Waals surface area contributed by atoms with E-state index >= 15 is 0 Å².